The smallest absolute Gasteiger partial charge is 0.259 e. The van der Waals surface area contributed by atoms with E-state index in [1.807, 2.05) is 0 Å². The van der Waals surface area contributed by atoms with E-state index < -0.39 is 6.10 Å². The number of rotatable bonds is 4. The first-order valence-corrected chi connectivity index (χ1v) is 8.18. The van der Waals surface area contributed by atoms with Crippen molar-refractivity contribution < 1.29 is 9.90 Å². The molecule has 23 heavy (non-hydrogen) atoms. The van der Waals surface area contributed by atoms with Crippen LogP contribution in [0.5, 0.6) is 0 Å². The number of carbonyl (C=O) groups is 1. The zero-order valence-electron chi connectivity index (χ0n) is 12.6. The molecule has 0 saturated heterocycles. The van der Waals surface area contributed by atoms with Crippen molar-refractivity contribution >= 4 is 29.0 Å². The predicted octanol–water partition coefficient (Wildman–Crippen LogP) is 1.87. The van der Waals surface area contributed by atoms with Gasteiger partial charge in [0.1, 0.15) is 0 Å². The molecule has 0 spiro atoms. The van der Waals surface area contributed by atoms with Crippen molar-refractivity contribution in [2.45, 2.75) is 31.8 Å². The number of aliphatic hydroxyl groups excluding tert-OH is 1. The molecule has 1 aromatic carbocycles. The molecule has 1 saturated carbocycles. The van der Waals surface area contributed by atoms with Crippen LogP contribution in [0.1, 0.15) is 36.0 Å². The minimum Gasteiger partial charge on any atom is -0.391 e. The third-order valence-corrected chi connectivity index (χ3v) is 4.62. The van der Waals surface area contributed by atoms with Crippen LogP contribution in [-0.4, -0.2) is 33.6 Å². The molecule has 1 atom stereocenters. The third kappa shape index (κ3) is 3.51. The van der Waals surface area contributed by atoms with Crippen molar-refractivity contribution in [1.82, 2.24) is 15.3 Å². The SMILES string of the molecule is O=C(NC[C@@H](O)C1CCCC1)c1ccc2c(=O)[nH]c(=S)[nH]c2c1. The van der Waals surface area contributed by atoms with Crippen LogP contribution < -0.4 is 10.9 Å². The van der Waals surface area contributed by atoms with E-state index in [0.717, 1.165) is 25.7 Å². The van der Waals surface area contributed by atoms with Crippen molar-refractivity contribution in [2.75, 3.05) is 6.54 Å². The van der Waals surface area contributed by atoms with Crippen molar-refractivity contribution in [1.29, 1.82) is 0 Å². The molecule has 6 nitrogen and oxygen atoms in total. The Bertz CT molecular complexity index is 836. The summed E-state index contributed by atoms with van der Waals surface area (Å²) in [6.45, 7) is 0.243. The van der Waals surface area contributed by atoms with Gasteiger partial charge in [-0.2, -0.15) is 0 Å². The number of nitrogens with one attached hydrogen (secondary N) is 3. The molecule has 0 radical (unpaired) electrons. The molecular formula is C16H19N3O3S. The fraction of sp³-hybridized carbons (Fsp3) is 0.438. The topological polar surface area (TPSA) is 98.0 Å². The number of aliphatic hydroxyl groups is 1. The van der Waals surface area contributed by atoms with Crippen LogP contribution in [0.3, 0.4) is 0 Å². The lowest BCUT2D eigenvalue weighted by atomic mass is 10.0. The monoisotopic (exact) mass is 333 g/mol. The van der Waals surface area contributed by atoms with Crippen LogP contribution in [0, 0.1) is 10.7 Å². The largest absolute Gasteiger partial charge is 0.391 e. The summed E-state index contributed by atoms with van der Waals surface area (Å²) >= 11 is 4.94. The molecule has 0 aliphatic heterocycles. The summed E-state index contributed by atoms with van der Waals surface area (Å²) in [7, 11) is 0. The highest BCUT2D eigenvalue weighted by Crippen LogP contribution is 2.27. The normalized spacial score (nSPS) is 16.6. The molecule has 7 heteroatoms. The summed E-state index contributed by atoms with van der Waals surface area (Å²) in [6.07, 6.45) is 3.83. The molecule has 1 aliphatic rings. The van der Waals surface area contributed by atoms with E-state index in [1.54, 1.807) is 18.2 Å². The number of carbonyl (C=O) groups excluding carboxylic acids is 1. The van der Waals surface area contributed by atoms with E-state index in [9.17, 15) is 14.7 Å². The highest BCUT2D eigenvalue weighted by molar-refractivity contribution is 7.71. The molecule has 1 heterocycles. The Morgan fingerprint density at radius 2 is 2.09 bits per heavy atom. The van der Waals surface area contributed by atoms with Gasteiger partial charge in [-0.25, -0.2) is 0 Å². The molecule has 1 fully saturated rings. The highest BCUT2D eigenvalue weighted by atomic mass is 32.1. The van der Waals surface area contributed by atoms with Crippen molar-refractivity contribution in [3.8, 4) is 0 Å². The number of hydrogen-bond donors (Lipinski definition) is 4. The van der Waals surface area contributed by atoms with Gasteiger partial charge in [-0.3, -0.25) is 14.6 Å². The number of fused-ring (bicyclic) bond motifs is 1. The van der Waals surface area contributed by atoms with Gasteiger partial charge < -0.3 is 15.4 Å². The molecule has 2 aromatic rings. The van der Waals surface area contributed by atoms with Gasteiger partial charge >= 0.3 is 0 Å². The first-order valence-electron chi connectivity index (χ1n) is 7.77. The summed E-state index contributed by atoms with van der Waals surface area (Å²) in [4.78, 5) is 29.4. The molecule has 3 rings (SSSR count). The van der Waals surface area contributed by atoms with Crippen molar-refractivity contribution in [3.05, 3.63) is 38.9 Å². The summed E-state index contributed by atoms with van der Waals surface area (Å²) in [5, 5.41) is 13.3. The van der Waals surface area contributed by atoms with Gasteiger partial charge in [-0.15, -0.1) is 0 Å². The van der Waals surface area contributed by atoms with Crippen molar-refractivity contribution in [3.63, 3.8) is 0 Å². The van der Waals surface area contributed by atoms with E-state index in [4.69, 9.17) is 12.2 Å². The Labute approximate surface area is 137 Å². The van der Waals surface area contributed by atoms with Gasteiger partial charge in [-0.1, -0.05) is 12.8 Å². The molecule has 122 valence electrons. The molecule has 0 unspecified atom stereocenters. The maximum Gasteiger partial charge on any atom is 0.259 e. The molecule has 1 aliphatic carbocycles. The first kappa shape index (κ1) is 15.9. The second kappa shape index (κ2) is 6.64. The number of hydrogen-bond acceptors (Lipinski definition) is 4. The number of amides is 1. The molecule has 0 bridgehead atoms. The summed E-state index contributed by atoms with van der Waals surface area (Å²) in [6, 6.07) is 4.77. The zero-order valence-corrected chi connectivity index (χ0v) is 13.4. The second-order valence-electron chi connectivity index (χ2n) is 5.99. The average Bonchev–Trinajstić information content (AvgIpc) is 3.06. The van der Waals surface area contributed by atoms with Crippen LogP contribution in [0.15, 0.2) is 23.0 Å². The van der Waals surface area contributed by atoms with Crippen LogP contribution in [0.4, 0.5) is 0 Å². The van der Waals surface area contributed by atoms with E-state index in [2.05, 4.69) is 15.3 Å². The van der Waals surface area contributed by atoms with Crippen LogP contribution in [-0.2, 0) is 0 Å². The van der Waals surface area contributed by atoms with Crippen molar-refractivity contribution in [2.24, 2.45) is 5.92 Å². The van der Waals surface area contributed by atoms with Gasteiger partial charge in [0.2, 0.25) is 0 Å². The van der Waals surface area contributed by atoms with Gasteiger partial charge in [0.15, 0.2) is 4.77 Å². The van der Waals surface area contributed by atoms with Crippen LogP contribution >= 0.6 is 12.2 Å². The number of benzene rings is 1. The van der Waals surface area contributed by atoms with Gasteiger partial charge in [0, 0.05) is 12.1 Å². The molecule has 1 amide bonds. The Balaban J connectivity index is 1.73. The van der Waals surface area contributed by atoms with Crippen LogP contribution in [0.25, 0.3) is 10.9 Å². The quantitative estimate of drug-likeness (QED) is 0.642. The molecular weight excluding hydrogens is 314 g/mol. The fourth-order valence-electron chi connectivity index (χ4n) is 3.12. The minimum atomic E-state index is -0.504. The summed E-state index contributed by atoms with van der Waals surface area (Å²) in [5.41, 5.74) is 0.655. The van der Waals surface area contributed by atoms with Gasteiger partial charge in [0.25, 0.3) is 11.5 Å². The Hall–Kier alpha value is -1.99. The van der Waals surface area contributed by atoms with E-state index >= 15 is 0 Å². The number of aromatic amines is 2. The fourth-order valence-corrected chi connectivity index (χ4v) is 3.32. The van der Waals surface area contributed by atoms with E-state index in [1.165, 1.54) is 0 Å². The lowest BCUT2D eigenvalue weighted by molar-refractivity contribution is 0.0840. The predicted molar refractivity (Wildman–Crippen MR) is 90.1 cm³/mol. The molecule has 1 aromatic heterocycles. The summed E-state index contributed by atoms with van der Waals surface area (Å²) < 4.78 is 0.219. The third-order valence-electron chi connectivity index (χ3n) is 4.42. The zero-order chi connectivity index (χ0) is 16.4. The first-order chi connectivity index (χ1) is 11.0. The van der Waals surface area contributed by atoms with Crippen LogP contribution in [0.2, 0.25) is 0 Å². The number of aromatic nitrogens is 2. The second-order valence-corrected chi connectivity index (χ2v) is 6.40. The number of H-pyrrole nitrogens is 2. The van der Waals surface area contributed by atoms with Gasteiger partial charge in [-0.05, 0) is 49.2 Å². The maximum atomic E-state index is 12.2. The molecule has 4 N–H and O–H groups in total. The van der Waals surface area contributed by atoms with E-state index in [0.29, 0.717) is 16.5 Å². The summed E-state index contributed by atoms with van der Waals surface area (Å²) in [5.74, 6) is 0.00474. The lowest BCUT2D eigenvalue weighted by Crippen LogP contribution is -2.35. The van der Waals surface area contributed by atoms with Gasteiger partial charge in [0.05, 0.1) is 17.0 Å². The Morgan fingerprint density at radius 1 is 1.35 bits per heavy atom. The highest BCUT2D eigenvalue weighted by Gasteiger charge is 2.23. The Morgan fingerprint density at radius 3 is 2.83 bits per heavy atom. The Kier molecular flexibility index (Phi) is 4.58. The minimum absolute atomic E-state index is 0.219. The lowest BCUT2D eigenvalue weighted by Gasteiger charge is -2.18. The standard InChI is InChI=1S/C16H19N3O3S/c20-13(9-3-1-2-4-9)8-17-14(21)10-5-6-11-12(7-10)18-16(23)19-15(11)22/h5-7,9,13,20H,1-4,8H2,(H,17,21)(H2,18,19,22,23)/t13-/m1/s1. The maximum absolute atomic E-state index is 12.2. The van der Waals surface area contributed by atoms with E-state index in [-0.39, 0.29) is 28.7 Å². The average molecular weight is 333 g/mol.